The lowest BCUT2D eigenvalue weighted by molar-refractivity contribution is 0.0945. The van der Waals surface area contributed by atoms with Crippen LogP contribution in [0.4, 0.5) is 0 Å². The van der Waals surface area contributed by atoms with Gasteiger partial charge in [-0.3, -0.25) is 4.79 Å². The summed E-state index contributed by atoms with van der Waals surface area (Å²) in [6.07, 6.45) is 2.37. The molecule has 1 aliphatic rings. The first-order valence-electron chi connectivity index (χ1n) is 5.71. The number of carbonyl (C=O) groups is 1. The highest BCUT2D eigenvalue weighted by Crippen LogP contribution is 2.46. The van der Waals surface area contributed by atoms with Gasteiger partial charge in [-0.1, -0.05) is 15.9 Å². The highest BCUT2D eigenvalue weighted by Gasteiger charge is 2.41. The number of hydrogen-bond acceptors (Lipinski definition) is 3. The Balaban J connectivity index is 2.02. The number of alkyl halides is 1. The number of rotatable bonds is 4. The largest absolute Gasteiger partial charge is 0.351 e. The van der Waals surface area contributed by atoms with Crippen molar-refractivity contribution in [3.8, 4) is 0 Å². The molecule has 1 amide bonds. The molecule has 0 spiro atoms. The van der Waals surface area contributed by atoms with Crippen LogP contribution in [0.3, 0.4) is 0 Å². The zero-order valence-electron chi connectivity index (χ0n) is 10.1. The van der Waals surface area contributed by atoms with Crippen LogP contribution in [0.5, 0.6) is 0 Å². The van der Waals surface area contributed by atoms with E-state index in [0.29, 0.717) is 16.7 Å². The van der Waals surface area contributed by atoms with Crippen molar-refractivity contribution in [2.24, 2.45) is 5.41 Å². The first-order valence-corrected chi connectivity index (χ1v) is 6.84. The Hall–Kier alpha value is -0.970. The standard InChI is InChI=1S/C12H16BrN3O/c1-8-5-10(9(2)16-15-8)11(17)14-7-12(6-13)3-4-12/h5H,3-4,6-7H2,1-2H3,(H,14,17). The van der Waals surface area contributed by atoms with Gasteiger partial charge in [-0.05, 0) is 38.2 Å². The summed E-state index contributed by atoms with van der Waals surface area (Å²) >= 11 is 3.49. The summed E-state index contributed by atoms with van der Waals surface area (Å²) in [5.74, 6) is -0.0484. The fourth-order valence-corrected chi connectivity index (χ4v) is 2.44. The zero-order valence-corrected chi connectivity index (χ0v) is 11.7. The van der Waals surface area contributed by atoms with Crippen LogP contribution in [0.15, 0.2) is 6.07 Å². The maximum absolute atomic E-state index is 12.0. The van der Waals surface area contributed by atoms with Crippen LogP contribution in [-0.4, -0.2) is 28.0 Å². The van der Waals surface area contributed by atoms with Crippen molar-refractivity contribution < 1.29 is 4.79 Å². The fraction of sp³-hybridized carbons (Fsp3) is 0.583. The number of nitrogens with one attached hydrogen (secondary N) is 1. The molecule has 5 heteroatoms. The molecule has 1 aromatic rings. The minimum absolute atomic E-state index is 0.0484. The summed E-state index contributed by atoms with van der Waals surface area (Å²) in [6.45, 7) is 4.38. The number of aromatic nitrogens is 2. The van der Waals surface area contributed by atoms with E-state index in [-0.39, 0.29) is 5.91 Å². The molecule has 4 nitrogen and oxygen atoms in total. The second-order valence-electron chi connectivity index (χ2n) is 4.80. The summed E-state index contributed by atoms with van der Waals surface area (Å²) < 4.78 is 0. The number of aryl methyl sites for hydroxylation is 2. The topological polar surface area (TPSA) is 54.9 Å². The first kappa shape index (κ1) is 12.5. The average Bonchev–Trinajstić information content (AvgIpc) is 3.10. The number of carbonyl (C=O) groups excluding carboxylic acids is 1. The van der Waals surface area contributed by atoms with Crippen LogP contribution in [0, 0.1) is 19.3 Å². The number of halogens is 1. The third kappa shape index (κ3) is 2.83. The molecule has 1 aromatic heterocycles. The van der Waals surface area contributed by atoms with Gasteiger partial charge in [-0.25, -0.2) is 0 Å². The van der Waals surface area contributed by atoms with Crippen molar-refractivity contribution in [1.82, 2.24) is 15.5 Å². The molecule has 0 radical (unpaired) electrons. The molecular weight excluding hydrogens is 282 g/mol. The van der Waals surface area contributed by atoms with E-state index < -0.39 is 0 Å². The predicted octanol–water partition coefficient (Wildman–Crippen LogP) is 2.00. The van der Waals surface area contributed by atoms with Crippen LogP contribution in [-0.2, 0) is 0 Å². The highest BCUT2D eigenvalue weighted by molar-refractivity contribution is 9.09. The molecular formula is C12H16BrN3O. The maximum Gasteiger partial charge on any atom is 0.253 e. The van der Waals surface area contributed by atoms with Crippen molar-refractivity contribution in [1.29, 1.82) is 0 Å². The molecule has 1 aliphatic carbocycles. The third-order valence-electron chi connectivity index (χ3n) is 3.21. The van der Waals surface area contributed by atoms with Crippen LogP contribution in [0.1, 0.15) is 34.6 Å². The summed E-state index contributed by atoms with van der Waals surface area (Å²) in [5.41, 5.74) is 2.36. The van der Waals surface area contributed by atoms with E-state index in [1.165, 1.54) is 12.8 Å². The lowest BCUT2D eigenvalue weighted by Crippen LogP contribution is -2.31. The maximum atomic E-state index is 12.0. The van der Waals surface area contributed by atoms with Gasteiger partial charge >= 0.3 is 0 Å². The van der Waals surface area contributed by atoms with Gasteiger partial charge in [0.05, 0.1) is 17.0 Å². The van der Waals surface area contributed by atoms with E-state index in [1.807, 2.05) is 6.92 Å². The molecule has 17 heavy (non-hydrogen) atoms. The van der Waals surface area contributed by atoms with Crippen LogP contribution >= 0.6 is 15.9 Å². The van der Waals surface area contributed by atoms with E-state index in [9.17, 15) is 4.79 Å². The summed E-state index contributed by atoms with van der Waals surface area (Å²) in [5, 5.41) is 11.8. The SMILES string of the molecule is Cc1cc(C(=O)NCC2(CBr)CC2)c(C)nn1. The summed E-state index contributed by atoms with van der Waals surface area (Å²) in [4.78, 5) is 12.0. The molecule has 0 bridgehead atoms. The molecule has 0 aliphatic heterocycles. The van der Waals surface area contributed by atoms with Gasteiger partial charge in [0.1, 0.15) is 0 Å². The van der Waals surface area contributed by atoms with Crippen molar-refractivity contribution in [2.45, 2.75) is 26.7 Å². The smallest absolute Gasteiger partial charge is 0.253 e. The molecule has 1 saturated carbocycles. The quantitative estimate of drug-likeness (QED) is 0.865. The second kappa shape index (κ2) is 4.72. The third-order valence-corrected chi connectivity index (χ3v) is 4.40. The summed E-state index contributed by atoms with van der Waals surface area (Å²) in [7, 11) is 0. The van der Waals surface area contributed by atoms with E-state index in [0.717, 1.165) is 17.6 Å². The van der Waals surface area contributed by atoms with Crippen molar-refractivity contribution >= 4 is 21.8 Å². The lowest BCUT2D eigenvalue weighted by Gasteiger charge is -2.13. The van der Waals surface area contributed by atoms with Crippen molar-refractivity contribution in [2.75, 3.05) is 11.9 Å². The van der Waals surface area contributed by atoms with E-state index in [1.54, 1.807) is 13.0 Å². The average molecular weight is 298 g/mol. The van der Waals surface area contributed by atoms with E-state index >= 15 is 0 Å². The Morgan fingerprint density at radius 1 is 1.47 bits per heavy atom. The number of amides is 1. The molecule has 92 valence electrons. The number of hydrogen-bond donors (Lipinski definition) is 1. The monoisotopic (exact) mass is 297 g/mol. The van der Waals surface area contributed by atoms with Gasteiger partial charge in [-0.2, -0.15) is 10.2 Å². The molecule has 1 fully saturated rings. The van der Waals surface area contributed by atoms with E-state index in [4.69, 9.17) is 0 Å². The van der Waals surface area contributed by atoms with E-state index in [2.05, 4.69) is 31.4 Å². The molecule has 1 heterocycles. The Kier molecular flexibility index (Phi) is 3.47. The normalized spacial score (nSPS) is 16.6. The van der Waals surface area contributed by atoms with Gasteiger partial charge < -0.3 is 5.32 Å². The van der Waals surface area contributed by atoms with Crippen LogP contribution < -0.4 is 5.32 Å². The molecule has 1 N–H and O–H groups in total. The molecule has 0 atom stereocenters. The Labute approximate surface area is 109 Å². The van der Waals surface area contributed by atoms with Gasteiger partial charge in [0.2, 0.25) is 0 Å². The first-order chi connectivity index (χ1) is 8.06. The molecule has 2 rings (SSSR count). The number of nitrogens with zero attached hydrogens (tertiary/aromatic N) is 2. The van der Waals surface area contributed by atoms with Crippen molar-refractivity contribution in [3.63, 3.8) is 0 Å². The second-order valence-corrected chi connectivity index (χ2v) is 5.36. The van der Waals surface area contributed by atoms with Gasteiger partial charge in [0, 0.05) is 11.9 Å². The Morgan fingerprint density at radius 3 is 2.76 bits per heavy atom. The summed E-state index contributed by atoms with van der Waals surface area (Å²) in [6, 6.07) is 1.78. The van der Waals surface area contributed by atoms with Crippen LogP contribution in [0.25, 0.3) is 0 Å². The minimum Gasteiger partial charge on any atom is -0.351 e. The zero-order chi connectivity index (χ0) is 12.5. The highest BCUT2D eigenvalue weighted by atomic mass is 79.9. The molecule has 0 aromatic carbocycles. The van der Waals surface area contributed by atoms with Crippen LogP contribution in [0.2, 0.25) is 0 Å². The van der Waals surface area contributed by atoms with Gasteiger partial charge in [0.25, 0.3) is 5.91 Å². The van der Waals surface area contributed by atoms with Crippen molar-refractivity contribution in [3.05, 3.63) is 23.0 Å². The molecule has 0 unspecified atom stereocenters. The fourth-order valence-electron chi connectivity index (χ4n) is 1.68. The van der Waals surface area contributed by atoms with Gasteiger partial charge in [0.15, 0.2) is 0 Å². The Morgan fingerprint density at radius 2 is 2.18 bits per heavy atom. The predicted molar refractivity (Wildman–Crippen MR) is 69.3 cm³/mol. The minimum atomic E-state index is -0.0484. The Bertz CT molecular complexity index is 443. The van der Waals surface area contributed by atoms with Gasteiger partial charge in [-0.15, -0.1) is 0 Å². The molecule has 0 saturated heterocycles. The lowest BCUT2D eigenvalue weighted by atomic mass is 10.1.